The maximum absolute atomic E-state index is 11.4. The molecule has 0 aromatic heterocycles. The Hall–Kier alpha value is -0.570. The zero-order valence-corrected chi connectivity index (χ0v) is 10.1. The minimum atomic E-state index is -0.682. The summed E-state index contributed by atoms with van der Waals surface area (Å²) in [6, 6.07) is 0.482. The fourth-order valence-electron chi connectivity index (χ4n) is 2.70. The molecule has 1 rings (SSSR count). The molecule has 0 saturated heterocycles. The molecule has 1 N–H and O–H groups in total. The first kappa shape index (κ1) is 12.5. The number of carboxylic acids is 1. The number of rotatable bonds is 5. The SMILES string of the molecule is CCN(C1CCCC1)C(C)(CC)C(=O)O. The predicted octanol–water partition coefficient (Wildman–Crippen LogP) is 2.50. The Bertz CT molecular complexity index is 224. The lowest BCUT2D eigenvalue weighted by Crippen LogP contribution is -2.55. The molecule has 0 bridgehead atoms. The van der Waals surface area contributed by atoms with Gasteiger partial charge in [-0.05, 0) is 32.7 Å². The summed E-state index contributed by atoms with van der Waals surface area (Å²) in [5, 5.41) is 9.35. The highest BCUT2D eigenvalue weighted by Crippen LogP contribution is 2.31. The summed E-state index contributed by atoms with van der Waals surface area (Å²) < 4.78 is 0. The van der Waals surface area contributed by atoms with Gasteiger partial charge in [0.25, 0.3) is 0 Å². The van der Waals surface area contributed by atoms with E-state index >= 15 is 0 Å². The topological polar surface area (TPSA) is 40.5 Å². The highest BCUT2D eigenvalue weighted by molar-refractivity contribution is 5.78. The van der Waals surface area contributed by atoms with Gasteiger partial charge in [0, 0.05) is 6.04 Å². The fourth-order valence-corrected chi connectivity index (χ4v) is 2.70. The zero-order valence-electron chi connectivity index (χ0n) is 10.1. The number of hydrogen-bond donors (Lipinski definition) is 1. The Balaban J connectivity index is 2.82. The highest BCUT2D eigenvalue weighted by Gasteiger charge is 2.41. The van der Waals surface area contributed by atoms with Gasteiger partial charge in [-0.1, -0.05) is 26.7 Å². The number of aliphatic carboxylic acids is 1. The molecular weight excluding hydrogens is 190 g/mol. The third kappa shape index (κ3) is 2.33. The van der Waals surface area contributed by atoms with E-state index in [1.165, 1.54) is 12.8 Å². The van der Waals surface area contributed by atoms with Crippen molar-refractivity contribution < 1.29 is 9.90 Å². The summed E-state index contributed by atoms with van der Waals surface area (Å²) in [5.41, 5.74) is -0.677. The van der Waals surface area contributed by atoms with Gasteiger partial charge < -0.3 is 5.11 Å². The second-order valence-corrected chi connectivity index (χ2v) is 4.66. The molecule has 0 aliphatic heterocycles. The lowest BCUT2D eigenvalue weighted by molar-refractivity contribution is -0.152. The Morgan fingerprint density at radius 2 is 1.93 bits per heavy atom. The largest absolute Gasteiger partial charge is 0.480 e. The molecule has 0 heterocycles. The van der Waals surface area contributed by atoms with Gasteiger partial charge in [-0.15, -0.1) is 0 Å². The van der Waals surface area contributed by atoms with Crippen LogP contribution in [0.15, 0.2) is 0 Å². The van der Waals surface area contributed by atoms with Crippen LogP contribution in [0.1, 0.15) is 52.9 Å². The molecule has 0 aromatic rings. The van der Waals surface area contributed by atoms with E-state index in [0.29, 0.717) is 12.5 Å². The quantitative estimate of drug-likeness (QED) is 0.763. The smallest absolute Gasteiger partial charge is 0.323 e. The lowest BCUT2D eigenvalue weighted by atomic mass is 9.94. The van der Waals surface area contributed by atoms with Gasteiger partial charge in [-0.25, -0.2) is 0 Å². The molecule has 3 nitrogen and oxygen atoms in total. The van der Waals surface area contributed by atoms with Crippen LogP contribution in [0.5, 0.6) is 0 Å². The third-order valence-corrected chi connectivity index (χ3v) is 3.89. The average molecular weight is 213 g/mol. The third-order valence-electron chi connectivity index (χ3n) is 3.89. The number of carbonyl (C=O) groups is 1. The minimum absolute atomic E-state index is 0.482. The van der Waals surface area contributed by atoms with Crippen molar-refractivity contribution in [2.75, 3.05) is 6.54 Å². The molecule has 1 unspecified atom stereocenters. The van der Waals surface area contributed by atoms with Crippen LogP contribution in [0.2, 0.25) is 0 Å². The Labute approximate surface area is 92.5 Å². The molecular formula is C12H23NO2. The van der Waals surface area contributed by atoms with Gasteiger partial charge in [0.05, 0.1) is 0 Å². The van der Waals surface area contributed by atoms with Crippen LogP contribution in [0.25, 0.3) is 0 Å². The van der Waals surface area contributed by atoms with Crippen molar-refractivity contribution in [2.24, 2.45) is 0 Å². The van der Waals surface area contributed by atoms with Crippen LogP contribution in [-0.2, 0) is 4.79 Å². The van der Waals surface area contributed by atoms with Gasteiger partial charge >= 0.3 is 5.97 Å². The summed E-state index contributed by atoms with van der Waals surface area (Å²) in [5.74, 6) is -0.682. The summed E-state index contributed by atoms with van der Waals surface area (Å²) >= 11 is 0. The summed E-state index contributed by atoms with van der Waals surface area (Å²) in [4.78, 5) is 13.6. The first-order chi connectivity index (χ1) is 7.06. The number of hydrogen-bond acceptors (Lipinski definition) is 2. The van der Waals surface area contributed by atoms with Crippen molar-refractivity contribution in [3.8, 4) is 0 Å². The molecule has 1 fully saturated rings. The molecule has 1 aliphatic rings. The van der Waals surface area contributed by atoms with Crippen LogP contribution in [0.3, 0.4) is 0 Å². The van der Waals surface area contributed by atoms with Crippen LogP contribution in [0, 0.1) is 0 Å². The summed E-state index contributed by atoms with van der Waals surface area (Å²) in [6.45, 7) is 6.72. The molecule has 15 heavy (non-hydrogen) atoms. The van der Waals surface area contributed by atoms with Crippen molar-refractivity contribution in [3.05, 3.63) is 0 Å². The van der Waals surface area contributed by atoms with Gasteiger partial charge in [-0.3, -0.25) is 9.69 Å². The Morgan fingerprint density at radius 3 is 2.27 bits per heavy atom. The van der Waals surface area contributed by atoms with Crippen molar-refractivity contribution >= 4 is 5.97 Å². The molecule has 0 radical (unpaired) electrons. The maximum atomic E-state index is 11.4. The van der Waals surface area contributed by atoms with E-state index in [2.05, 4.69) is 11.8 Å². The zero-order chi connectivity index (χ0) is 11.5. The molecule has 0 spiro atoms. The lowest BCUT2D eigenvalue weighted by Gasteiger charge is -2.40. The second kappa shape index (κ2) is 4.97. The van der Waals surface area contributed by atoms with Crippen molar-refractivity contribution in [3.63, 3.8) is 0 Å². The van der Waals surface area contributed by atoms with Gasteiger partial charge in [0.2, 0.25) is 0 Å². The monoisotopic (exact) mass is 213 g/mol. The van der Waals surface area contributed by atoms with E-state index in [1.54, 1.807) is 0 Å². The van der Waals surface area contributed by atoms with E-state index in [0.717, 1.165) is 19.4 Å². The Kier molecular flexibility index (Phi) is 4.14. The summed E-state index contributed by atoms with van der Waals surface area (Å²) in [6.07, 6.45) is 5.50. The van der Waals surface area contributed by atoms with E-state index in [4.69, 9.17) is 0 Å². The summed E-state index contributed by atoms with van der Waals surface area (Å²) in [7, 11) is 0. The first-order valence-corrected chi connectivity index (χ1v) is 6.06. The molecule has 0 aromatic carbocycles. The van der Waals surface area contributed by atoms with Crippen LogP contribution >= 0.6 is 0 Å². The fraction of sp³-hybridized carbons (Fsp3) is 0.917. The molecule has 1 atom stereocenters. The van der Waals surface area contributed by atoms with Gasteiger partial charge in [-0.2, -0.15) is 0 Å². The predicted molar refractivity (Wildman–Crippen MR) is 61.0 cm³/mol. The van der Waals surface area contributed by atoms with Crippen molar-refractivity contribution in [1.82, 2.24) is 4.90 Å². The normalized spacial score (nSPS) is 21.9. The second-order valence-electron chi connectivity index (χ2n) is 4.66. The molecule has 3 heteroatoms. The van der Waals surface area contributed by atoms with Crippen molar-refractivity contribution in [1.29, 1.82) is 0 Å². The average Bonchev–Trinajstić information content (AvgIpc) is 2.71. The molecule has 1 saturated carbocycles. The number of likely N-dealkylation sites (N-methyl/N-ethyl adjacent to an activating group) is 1. The molecule has 0 amide bonds. The van der Waals surface area contributed by atoms with E-state index in [9.17, 15) is 9.90 Å². The minimum Gasteiger partial charge on any atom is -0.480 e. The Morgan fingerprint density at radius 1 is 1.40 bits per heavy atom. The van der Waals surface area contributed by atoms with Crippen LogP contribution in [0.4, 0.5) is 0 Å². The first-order valence-electron chi connectivity index (χ1n) is 6.06. The number of carboxylic acid groups (broad SMARTS) is 1. The van der Waals surface area contributed by atoms with Crippen LogP contribution < -0.4 is 0 Å². The highest BCUT2D eigenvalue weighted by atomic mass is 16.4. The van der Waals surface area contributed by atoms with E-state index in [1.807, 2.05) is 13.8 Å². The van der Waals surface area contributed by atoms with Crippen LogP contribution in [-0.4, -0.2) is 34.1 Å². The number of nitrogens with zero attached hydrogens (tertiary/aromatic N) is 1. The van der Waals surface area contributed by atoms with Gasteiger partial charge in [0.1, 0.15) is 5.54 Å². The molecule has 1 aliphatic carbocycles. The maximum Gasteiger partial charge on any atom is 0.323 e. The van der Waals surface area contributed by atoms with Crippen molar-refractivity contribution in [2.45, 2.75) is 64.5 Å². The standard InChI is InChI=1S/C12H23NO2/c1-4-12(3,11(14)15)13(5-2)10-8-6-7-9-10/h10H,4-9H2,1-3H3,(H,14,15). The van der Waals surface area contributed by atoms with E-state index < -0.39 is 11.5 Å². The van der Waals surface area contributed by atoms with Gasteiger partial charge in [0.15, 0.2) is 0 Å². The van der Waals surface area contributed by atoms with E-state index in [-0.39, 0.29) is 0 Å². The molecule has 88 valence electrons.